The molecule has 24 heavy (non-hydrogen) atoms. The Morgan fingerprint density at radius 2 is 2.00 bits per heavy atom. The molecule has 2 fully saturated rings. The molecule has 136 valence electrons. The topological polar surface area (TPSA) is 43.8 Å². The van der Waals surface area contributed by atoms with Gasteiger partial charge in [-0.05, 0) is 45.1 Å². The first-order valence-corrected chi connectivity index (χ1v) is 9.99. The molecule has 3 rings (SSSR count). The van der Waals surface area contributed by atoms with Crippen molar-refractivity contribution >= 4 is 5.91 Å². The third-order valence-corrected chi connectivity index (χ3v) is 6.32. The van der Waals surface area contributed by atoms with Crippen LogP contribution in [0, 0.1) is 11.3 Å². The molecule has 1 spiro atoms. The van der Waals surface area contributed by atoms with Crippen LogP contribution in [0.15, 0.2) is 12.2 Å². The fraction of sp³-hybridized carbons (Fsp3) is 0.850. The molecule has 0 saturated carbocycles. The standard InChI is InChI=1S/C20H34N2O2/c1-2-3-6-12-21-14-10-18(23)20(15-21)11-7-13-22(16-20)19(24)17-8-4-5-9-17/h4-5,17-18,23H,2-3,6-16H2,1H3/t18-,20-/m1/s1. The molecule has 1 N–H and O–H groups in total. The van der Waals surface area contributed by atoms with Crippen LogP contribution in [0.25, 0.3) is 0 Å². The van der Waals surface area contributed by atoms with Crippen molar-refractivity contribution in [1.29, 1.82) is 0 Å². The number of hydrogen-bond acceptors (Lipinski definition) is 3. The monoisotopic (exact) mass is 334 g/mol. The van der Waals surface area contributed by atoms with Gasteiger partial charge in [0, 0.05) is 37.5 Å². The molecule has 0 radical (unpaired) electrons. The van der Waals surface area contributed by atoms with Crippen LogP contribution in [-0.4, -0.2) is 59.6 Å². The number of piperidine rings is 2. The van der Waals surface area contributed by atoms with Crippen molar-refractivity contribution < 1.29 is 9.90 Å². The molecule has 2 saturated heterocycles. The Morgan fingerprint density at radius 1 is 1.21 bits per heavy atom. The minimum Gasteiger partial charge on any atom is -0.392 e. The zero-order valence-electron chi connectivity index (χ0n) is 15.3. The van der Waals surface area contributed by atoms with Gasteiger partial charge in [0.15, 0.2) is 0 Å². The molecule has 4 heteroatoms. The van der Waals surface area contributed by atoms with Crippen molar-refractivity contribution in [1.82, 2.24) is 9.80 Å². The number of aliphatic hydroxyl groups excluding tert-OH is 1. The first-order chi connectivity index (χ1) is 11.6. The van der Waals surface area contributed by atoms with E-state index < -0.39 is 0 Å². The lowest BCUT2D eigenvalue weighted by Gasteiger charge is -2.51. The number of aliphatic hydroxyl groups is 1. The maximum absolute atomic E-state index is 12.8. The molecule has 0 unspecified atom stereocenters. The van der Waals surface area contributed by atoms with Crippen LogP contribution in [0.5, 0.6) is 0 Å². The zero-order valence-corrected chi connectivity index (χ0v) is 15.3. The van der Waals surface area contributed by atoms with E-state index in [0.29, 0.717) is 5.91 Å². The van der Waals surface area contributed by atoms with E-state index in [4.69, 9.17) is 0 Å². The molecule has 0 bridgehead atoms. The summed E-state index contributed by atoms with van der Waals surface area (Å²) in [6.07, 6.45) is 12.5. The molecule has 0 aromatic heterocycles. The van der Waals surface area contributed by atoms with Gasteiger partial charge in [0.1, 0.15) is 0 Å². The molecule has 0 aromatic rings. The Bertz CT molecular complexity index is 457. The van der Waals surface area contributed by atoms with Gasteiger partial charge >= 0.3 is 0 Å². The summed E-state index contributed by atoms with van der Waals surface area (Å²) in [7, 11) is 0. The molecule has 3 aliphatic rings. The summed E-state index contributed by atoms with van der Waals surface area (Å²) in [5, 5.41) is 10.8. The van der Waals surface area contributed by atoms with Crippen LogP contribution >= 0.6 is 0 Å². The van der Waals surface area contributed by atoms with Gasteiger partial charge in [-0.2, -0.15) is 0 Å². The summed E-state index contributed by atoms with van der Waals surface area (Å²) in [6.45, 7) is 6.98. The fourth-order valence-electron chi connectivity index (χ4n) is 4.84. The van der Waals surface area contributed by atoms with Crippen LogP contribution in [-0.2, 0) is 4.79 Å². The van der Waals surface area contributed by atoms with E-state index in [1.54, 1.807) is 0 Å². The normalized spacial score (nSPS) is 31.9. The van der Waals surface area contributed by atoms with Crippen molar-refractivity contribution in [3.05, 3.63) is 12.2 Å². The van der Waals surface area contributed by atoms with Gasteiger partial charge in [-0.25, -0.2) is 0 Å². The van der Waals surface area contributed by atoms with Gasteiger partial charge in [0.25, 0.3) is 0 Å². The average Bonchev–Trinajstić information content (AvgIpc) is 3.12. The predicted octanol–water partition coefficient (Wildman–Crippen LogP) is 2.82. The SMILES string of the molecule is CCCCCN1CC[C@@H](O)[C@]2(CCCN(C(=O)C3CC=CC3)C2)C1. The molecule has 2 aliphatic heterocycles. The highest BCUT2D eigenvalue weighted by atomic mass is 16.3. The molecule has 2 atom stereocenters. The summed E-state index contributed by atoms with van der Waals surface area (Å²) in [4.78, 5) is 17.4. The third kappa shape index (κ3) is 3.85. The summed E-state index contributed by atoms with van der Waals surface area (Å²) in [5.41, 5.74) is -0.0928. The van der Waals surface area contributed by atoms with Gasteiger partial charge in [-0.3, -0.25) is 4.79 Å². The number of carbonyl (C=O) groups is 1. The van der Waals surface area contributed by atoms with Gasteiger partial charge in [-0.15, -0.1) is 0 Å². The van der Waals surface area contributed by atoms with Gasteiger partial charge in [0.05, 0.1) is 6.10 Å². The Labute approximate surface area is 146 Å². The third-order valence-electron chi connectivity index (χ3n) is 6.32. The summed E-state index contributed by atoms with van der Waals surface area (Å²) >= 11 is 0. The molecule has 2 heterocycles. The summed E-state index contributed by atoms with van der Waals surface area (Å²) in [6, 6.07) is 0. The van der Waals surface area contributed by atoms with Crippen LogP contribution in [0.3, 0.4) is 0 Å². The molecule has 1 aliphatic carbocycles. The maximum atomic E-state index is 12.8. The largest absolute Gasteiger partial charge is 0.392 e. The van der Waals surface area contributed by atoms with Crippen molar-refractivity contribution in [3.8, 4) is 0 Å². The molecular formula is C20H34N2O2. The molecular weight excluding hydrogens is 300 g/mol. The number of amides is 1. The fourth-order valence-corrected chi connectivity index (χ4v) is 4.84. The van der Waals surface area contributed by atoms with E-state index in [1.165, 1.54) is 19.3 Å². The minimum absolute atomic E-state index is 0.0928. The predicted molar refractivity (Wildman–Crippen MR) is 96.7 cm³/mol. The highest BCUT2D eigenvalue weighted by Crippen LogP contribution is 2.39. The minimum atomic E-state index is -0.253. The van der Waals surface area contributed by atoms with Crippen LogP contribution in [0.1, 0.15) is 58.3 Å². The number of nitrogens with zero attached hydrogens (tertiary/aromatic N) is 2. The Kier molecular flexibility index (Phi) is 5.98. The first-order valence-electron chi connectivity index (χ1n) is 9.99. The quantitative estimate of drug-likeness (QED) is 0.621. The number of rotatable bonds is 5. The van der Waals surface area contributed by atoms with Crippen molar-refractivity contribution in [3.63, 3.8) is 0 Å². The summed E-state index contributed by atoms with van der Waals surface area (Å²) in [5.74, 6) is 0.468. The van der Waals surface area contributed by atoms with E-state index in [0.717, 1.165) is 64.8 Å². The maximum Gasteiger partial charge on any atom is 0.226 e. The molecule has 0 aromatic carbocycles. The average molecular weight is 335 g/mol. The van der Waals surface area contributed by atoms with Crippen molar-refractivity contribution in [2.45, 2.75) is 64.4 Å². The van der Waals surface area contributed by atoms with Crippen molar-refractivity contribution in [2.24, 2.45) is 11.3 Å². The number of carbonyl (C=O) groups excluding carboxylic acids is 1. The van der Waals surface area contributed by atoms with Crippen LogP contribution in [0.4, 0.5) is 0 Å². The zero-order chi connectivity index (χ0) is 17.0. The molecule has 1 amide bonds. The Morgan fingerprint density at radius 3 is 2.75 bits per heavy atom. The van der Waals surface area contributed by atoms with Crippen LogP contribution in [0.2, 0.25) is 0 Å². The van der Waals surface area contributed by atoms with E-state index in [9.17, 15) is 9.90 Å². The van der Waals surface area contributed by atoms with E-state index in [2.05, 4.69) is 28.9 Å². The lowest BCUT2D eigenvalue weighted by Crippen LogP contribution is -2.60. The van der Waals surface area contributed by atoms with E-state index in [-0.39, 0.29) is 17.4 Å². The lowest BCUT2D eigenvalue weighted by molar-refractivity contribution is -0.145. The Balaban J connectivity index is 1.62. The van der Waals surface area contributed by atoms with E-state index in [1.807, 2.05) is 0 Å². The second-order valence-corrected chi connectivity index (χ2v) is 8.15. The Hall–Kier alpha value is -0.870. The van der Waals surface area contributed by atoms with Gasteiger partial charge < -0.3 is 14.9 Å². The van der Waals surface area contributed by atoms with Gasteiger partial charge in [-0.1, -0.05) is 31.9 Å². The van der Waals surface area contributed by atoms with Gasteiger partial charge in [0.2, 0.25) is 5.91 Å². The van der Waals surface area contributed by atoms with E-state index >= 15 is 0 Å². The lowest BCUT2D eigenvalue weighted by atomic mass is 9.71. The number of hydrogen-bond donors (Lipinski definition) is 1. The van der Waals surface area contributed by atoms with Crippen molar-refractivity contribution in [2.75, 3.05) is 32.7 Å². The first kappa shape index (κ1) is 17.9. The highest BCUT2D eigenvalue weighted by Gasteiger charge is 2.46. The number of allylic oxidation sites excluding steroid dienone is 2. The molecule has 4 nitrogen and oxygen atoms in total. The summed E-state index contributed by atoms with van der Waals surface area (Å²) < 4.78 is 0. The highest BCUT2D eigenvalue weighted by molar-refractivity contribution is 5.79. The smallest absolute Gasteiger partial charge is 0.226 e. The number of unbranched alkanes of at least 4 members (excludes halogenated alkanes) is 2. The number of likely N-dealkylation sites (tertiary alicyclic amines) is 2. The second kappa shape index (κ2) is 8.01. The van der Waals surface area contributed by atoms with Crippen LogP contribution < -0.4 is 0 Å². The second-order valence-electron chi connectivity index (χ2n) is 8.15.